The summed E-state index contributed by atoms with van der Waals surface area (Å²) in [5.74, 6) is 0.936. The highest BCUT2D eigenvalue weighted by Crippen LogP contribution is 2.27. The van der Waals surface area contributed by atoms with Crippen LogP contribution in [0.2, 0.25) is 0 Å². The number of nitrogens with zero attached hydrogens (tertiary/aromatic N) is 4. The second-order valence-electron chi connectivity index (χ2n) is 7.95. The number of ether oxygens (including phenoxy) is 1. The first kappa shape index (κ1) is 18.5. The summed E-state index contributed by atoms with van der Waals surface area (Å²) in [4.78, 5) is 25.0. The predicted octanol–water partition coefficient (Wildman–Crippen LogP) is 3.22. The number of carbonyl (C=O) groups is 1. The maximum Gasteiger partial charge on any atom is 0.410 e. The van der Waals surface area contributed by atoms with Crippen molar-refractivity contribution in [2.45, 2.75) is 59.0 Å². The second kappa shape index (κ2) is 6.95. The number of piperazine rings is 1. The Balaban J connectivity index is 2.00. The summed E-state index contributed by atoms with van der Waals surface area (Å²) in [6, 6.07) is 2.08. The van der Waals surface area contributed by atoms with Crippen molar-refractivity contribution >= 4 is 11.9 Å². The molecule has 2 heterocycles. The Labute approximate surface area is 145 Å². The zero-order chi connectivity index (χ0) is 18.0. The lowest BCUT2D eigenvalue weighted by atomic mass is 9.86. The molecule has 0 spiro atoms. The molecule has 0 aromatic carbocycles. The molecule has 1 fully saturated rings. The van der Waals surface area contributed by atoms with Crippen LogP contribution in [0.5, 0.6) is 0 Å². The monoisotopic (exact) mass is 334 g/mol. The van der Waals surface area contributed by atoms with Crippen LogP contribution in [0, 0.1) is 0 Å². The predicted molar refractivity (Wildman–Crippen MR) is 95.4 cm³/mol. The molecular formula is C18H30N4O2. The van der Waals surface area contributed by atoms with E-state index in [1.165, 1.54) is 0 Å². The van der Waals surface area contributed by atoms with Crippen molar-refractivity contribution in [3.8, 4) is 0 Å². The van der Waals surface area contributed by atoms with Crippen LogP contribution in [0.4, 0.5) is 10.6 Å². The zero-order valence-electron chi connectivity index (χ0n) is 15.8. The first-order valence-corrected chi connectivity index (χ1v) is 8.68. The molecular weight excluding hydrogens is 304 g/mol. The summed E-state index contributed by atoms with van der Waals surface area (Å²) < 4.78 is 5.44. The quantitative estimate of drug-likeness (QED) is 0.849. The molecule has 0 N–H and O–H groups in total. The number of aromatic nitrogens is 2. The number of amides is 1. The SMILES string of the molecule is CCC(C)(C)c1cc(N2CCN(C(=O)OC(C)(C)C)CC2)ncn1. The normalized spacial score (nSPS) is 16.2. The Morgan fingerprint density at radius 3 is 2.29 bits per heavy atom. The van der Waals surface area contributed by atoms with Crippen LogP contribution in [0.1, 0.15) is 53.7 Å². The molecule has 1 aliphatic heterocycles. The smallest absolute Gasteiger partial charge is 0.410 e. The van der Waals surface area contributed by atoms with E-state index in [4.69, 9.17) is 4.74 Å². The van der Waals surface area contributed by atoms with Crippen LogP contribution in [-0.4, -0.2) is 52.7 Å². The molecule has 2 rings (SSSR count). The van der Waals surface area contributed by atoms with E-state index in [9.17, 15) is 4.79 Å². The molecule has 6 heteroatoms. The molecule has 6 nitrogen and oxygen atoms in total. The number of hydrogen-bond donors (Lipinski definition) is 0. The van der Waals surface area contributed by atoms with E-state index in [2.05, 4.69) is 41.7 Å². The van der Waals surface area contributed by atoms with E-state index in [1.54, 1.807) is 11.2 Å². The highest BCUT2D eigenvalue weighted by molar-refractivity contribution is 5.68. The molecule has 24 heavy (non-hydrogen) atoms. The molecule has 0 aliphatic carbocycles. The topological polar surface area (TPSA) is 58.6 Å². The van der Waals surface area contributed by atoms with Gasteiger partial charge in [-0.1, -0.05) is 20.8 Å². The number of rotatable bonds is 3. The summed E-state index contributed by atoms with van der Waals surface area (Å²) in [5, 5.41) is 0. The van der Waals surface area contributed by atoms with Gasteiger partial charge in [0.1, 0.15) is 17.7 Å². The average Bonchev–Trinajstić information content (AvgIpc) is 2.53. The van der Waals surface area contributed by atoms with Gasteiger partial charge in [0, 0.05) is 37.7 Å². The number of anilines is 1. The van der Waals surface area contributed by atoms with E-state index in [0.29, 0.717) is 13.1 Å². The molecule has 1 saturated heterocycles. The number of hydrogen-bond acceptors (Lipinski definition) is 5. The van der Waals surface area contributed by atoms with E-state index >= 15 is 0 Å². The molecule has 0 radical (unpaired) electrons. The molecule has 0 saturated carbocycles. The van der Waals surface area contributed by atoms with Gasteiger partial charge in [-0.15, -0.1) is 0 Å². The van der Waals surface area contributed by atoms with Gasteiger partial charge < -0.3 is 14.5 Å². The van der Waals surface area contributed by atoms with Crippen molar-refractivity contribution < 1.29 is 9.53 Å². The molecule has 1 aromatic rings. The van der Waals surface area contributed by atoms with Crippen LogP contribution in [0.15, 0.2) is 12.4 Å². The van der Waals surface area contributed by atoms with Gasteiger partial charge in [-0.05, 0) is 27.2 Å². The van der Waals surface area contributed by atoms with Gasteiger partial charge in [0.25, 0.3) is 0 Å². The minimum absolute atomic E-state index is 0.0377. The zero-order valence-corrected chi connectivity index (χ0v) is 15.8. The van der Waals surface area contributed by atoms with Crippen LogP contribution < -0.4 is 4.90 Å². The maximum absolute atomic E-state index is 12.1. The van der Waals surface area contributed by atoms with Gasteiger partial charge in [-0.25, -0.2) is 14.8 Å². The Morgan fingerprint density at radius 1 is 1.12 bits per heavy atom. The Hall–Kier alpha value is -1.85. The third-order valence-electron chi connectivity index (χ3n) is 4.49. The molecule has 0 atom stereocenters. The summed E-state index contributed by atoms with van der Waals surface area (Å²) >= 11 is 0. The van der Waals surface area contributed by atoms with E-state index in [0.717, 1.165) is 31.0 Å². The first-order valence-electron chi connectivity index (χ1n) is 8.68. The van der Waals surface area contributed by atoms with E-state index in [1.807, 2.05) is 20.8 Å². The molecule has 1 amide bonds. The lowest BCUT2D eigenvalue weighted by Gasteiger charge is -2.36. The van der Waals surface area contributed by atoms with Crippen LogP contribution in [-0.2, 0) is 10.2 Å². The van der Waals surface area contributed by atoms with E-state index in [-0.39, 0.29) is 11.5 Å². The van der Waals surface area contributed by atoms with Crippen molar-refractivity contribution in [1.82, 2.24) is 14.9 Å². The van der Waals surface area contributed by atoms with Gasteiger partial charge in [-0.3, -0.25) is 0 Å². The molecule has 1 aromatic heterocycles. The Kier molecular flexibility index (Phi) is 5.35. The fraction of sp³-hybridized carbons (Fsp3) is 0.722. The second-order valence-corrected chi connectivity index (χ2v) is 7.95. The van der Waals surface area contributed by atoms with Gasteiger partial charge in [0.05, 0.1) is 5.69 Å². The fourth-order valence-electron chi connectivity index (χ4n) is 2.52. The Bertz CT molecular complexity index is 573. The highest BCUT2D eigenvalue weighted by atomic mass is 16.6. The van der Waals surface area contributed by atoms with Crippen molar-refractivity contribution in [3.05, 3.63) is 18.1 Å². The van der Waals surface area contributed by atoms with Crippen molar-refractivity contribution in [3.63, 3.8) is 0 Å². The lowest BCUT2D eigenvalue weighted by Crippen LogP contribution is -2.50. The fourth-order valence-corrected chi connectivity index (χ4v) is 2.52. The molecule has 0 unspecified atom stereocenters. The third kappa shape index (κ3) is 4.58. The van der Waals surface area contributed by atoms with Crippen molar-refractivity contribution in [2.24, 2.45) is 0 Å². The van der Waals surface area contributed by atoms with Crippen molar-refractivity contribution in [2.75, 3.05) is 31.1 Å². The molecule has 1 aliphatic rings. The summed E-state index contributed by atoms with van der Waals surface area (Å²) in [6.45, 7) is 15.0. The van der Waals surface area contributed by atoms with Gasteiger partial charge in [0.15, 0.2) is 0 Å². The van der Waals surface area contributed by atoms with Gasteiger partial charge in [0.2, 0.25) is 0 Å². The highest BCUT2D eigenvalue weighted by Gasteiger charge is 2.27. The van der Waals surface area contributed by atoms with Gasteiger partial charge >= 0.3 is 6.09 Å². The van der Waals surface area contributed by atoms with Crippen LogP contribution in [0.25, 0.3) is 0 Å². The molecule has 134 valence electrons. The van der Waals surface area contributed by atoms with Crippen LogP contribution in [0.3, 0.4) is 0 Å². The Morgan fingerprint density at radius 2 is 1.75 bits per heavy atom. The van der Waals surface area contributed by atoms with Crippen LogP contribution >= 0.6 is 0 Å². The summed E-state index contributed by atoms with van der Waals surface area (Å²) in [6.07, 6.45) is 2.43. The third-order valence-corrected chi connectivity index (χ3v) is 4.49. The van der Waals surface area contributed by atoms with Crippen molar-refractivity contribution in [1.29, 1.82) is 0 Å². The first-order chi connectivity index (χ1) is 11.1. The molecule has 0 bridgehead atoms. The van der Waals surface area contributed by atoms with E-state index < -0.39 is 5.60 Å². The minimum Gasteiger partial charge on any atom is -0.444 e. The summed E-state index contributed by atoms with van der Waals surface area (Å²) in [7, 11) is 0. The van der Waals surface area contributed by atoms with Gasteiger partial charge in [-0.2, -0.15) is 0 Å². The maximum atomic E-state index is 12.1. The summed E-state index contributed by atoms with van der Waals surface area (Å²) in [5.41, 5.74) is 0.641. The standard InChI is InChI=1S/C18H30N4O2/c1-7-18(5,6)14-12-15(20-13-19-14)21-8-10-22(11-9-21)16(23)24-17(2,3)4/h12-13H,7-11H2,1-6H3. The average molecular weight is 334 g/mol. The largest absolute Gasteiger partial charge is 0.444 e. The minimum atomic E-state index is -0.457. The lowest BCUT2D eigenvalue weighted by molar-refractivity contribution is 0.0240. The number of carbonyl (C=O) groups excluding carboxylic acids is 1.